The normalized spacial score (nSPS) is 12.1. The first-order valence-corrected chi connectivity index (χ1v) is 7.85. The lowest BCUT2D eigenvalue weighted by Gasteiger charge is -1.99. The van der Waals surface area contributed by atoms with Crippen LogP contribution in [0.25, 0.3) is 21.1 Å². The number of anilines is 1. The molecule has 0 bridgehead atoms. The second kappa shape index (κ2) is 5.27. The summed E-state index contributed by atoms with van der Waals surface area (Å²) in [7, 11) is 0. The predicted octanol–water partition coefficient (Wildman–Crippen LogP) is 4.61. The fourth-order valence-corrected chi connectivity index (χ4v) is 3.29. The van der Waals surface area contributed by atoms with Crippen LogP contribution in [0.1, 0.15) is 12.5 Å². The van der Waals surface area contributed by atoms with Gasteiger partial charge >= 0.3 is 0 Å². The minimum absolute atomic E-state index is 0.806. The zero-order valence-electron chi connectivity index (χ0n) is 12.0. The summed E-state index contributed by atoms with van der Waals surface area (Å²) in [5.74, 6) is 0. The van der Waals surface area contributed by atoms with E-state index in [0.29, 0.717) is 0 Å². The Morgan fingerprint density at radius 3 is 2.86 bits per heavy atom. The summed E-state index contributed by atoms with van der Waals surface area (Å²) < 4.78 is 1.16. The van der Waals surface area contributed by atoms with Crippen LogP contribution in [0.2, 0.25) is 0 Å². The second-order valence-electron chi connectivity index (χ2n) is 5.04. The van der Waals surface area contributed by atoms with E-state index in [-0.39, 0.29) is 0 Å². The Balaban J connectivity index is 1.64. The highest BCUT2D eigenvalue weighted by molar-refractivity contribution is 7.22. The van der Waals surface area contributed by atoms with E-state index in [1.807, 2.05) is 43.5 Å². The molecule has 0 saturated heterocycles. The smallest absolute Gasteiger partial charge is 0.204 e. The van der Waals surface area contributed by atoms with Crippen LogP contribution in [-0.4, -0.2) is 15.7 Å². The van der Waals surface area contributed by atoms with Gasteiger partial charge in [0.2, 0.25) is 5.13 Å². The van der Waals surface area contributed by atoms with Gasteiger partial charge in [-0.3, -0.25) is 5.43 Å². The van der Waals surface area contributed by atoms with Gasteiger partial charge in [-0.1, -0.05) is 41.7 Å². The van der Waals surface area contributed by atoms with E-state index in [1.165, 1.54) is 5.39 Å². The molecular formula is C17H14N4S. The standard InChI is InChI=1S/C17H14N4S/c1-11(13-10-18-14-7-3-2-6-12(13)14)20-21-17-19-15-8-4-5-9-16(15)22-17/h2-10,18H,1H3,(H,19,21). The minimum atomic E-state index is 0.806. The molecule has 0 aliphatic carbocycles. The van der Waals surface area contributed by atoms with E-state index >= 15 is 0 Å². The van der Waals surface area contributed by atoms with Crippen LogP contribution in [0.3, 0.4) is 0 Å². The fourth-order valence-electron chi connectivity index (χ4n) is 2.48. The highest BCUT2D eigenvalue weighted by Gasteiger charge is 2.06. The molecule has 0 radical (unpaired) electrons. The molecule has 2 aromatic carbocycles. The van der Waals surface area contributed by atoms with Crippen LogP contribution in [0, 0.1) is 0 Å². The van der Waals surface area contributed by atoms with Crippen molar-refractivity contribution < 1.29 is 0 Å². The molecule has 0 atom stereocenters. The summed E-state index contributed by atoms with van der Waals surface area (Å²) in [4.78, 5) is 7.79. The molecule has 0 saturated carbocycles. The number of nitrogens with zero attached hydrogens (tertiary/aromatic N) is 2. The SMILES string of the molecule is CC(=NNc1nc2ccccc2s1)c1c[nH]c2ccccc12. The zero-order chi connectivity index (χ0) is 14.9. The first kappa shape index (κ1) is 13.0. The molecule has 4 nitrogen and oxygen atoms in total. The summed E-state index contributed by atoms with van der Waals surface area (Å²) >= 11 is 1.60. The van der Waals surface area contributed by atoms with Crippen LogP contribution >= 0.6 is 11.3 Å². The van der Waals surface area contributed by atoms with Gasteiger partial charge in [0.05, 0.1) is 15.9 Å². The Labute approximate surface area is 131 Å². The van der Waals surface area contributed by atoms with Gasteiger partial charge < -0.3 is 4.98 Å². The predicted molar refractivity (Wildman–Crippen MR) is 93.8 cm³/mol. The van der Waals surface area contributed by atoms with Gasteiger partial charge in [0.1, 0.15) is 0 Å². The maximum atomic E-state index is 4.52. The van der Waals surface area contributed by atoms with Gasteiger partial charge in [0.25, 0.3) is 0 Å². The Bertz CT molecular complexity index is 947. The van der Waals surface area contributed by atoms with Crippen molar-refractivity contribution in [3.63, 3.8) is 0 Å². The molecule has 108 valence electrons. The van der Waals surface area contributed by atoms with Crippen LogP contribution < -0.4 is 5.43 Å². The van der Waals surface area contributed by atoms with Crippen molar-refractivity contribution >= 4 is 43.3 Å². The fraction of sp³-hybridized carbons (Fsp3) is 0.0588. The van der Waals surface area contributed by atoms with E-state index in [4.69, 9.17) is 0 Å². The van der Waals surface area contributed by atoms with E-state index in [2.05, 4.69) is 38.7 Å². The largest absolute Gasteiger partial charge is 0.360 e. The van der Waals surface area contributed by atoms with E-state index in [0.717, 1.165) is 32.1 Å². The average Bonchev–Trinajstić information content (AvgIpc) is 3.16. The summed E-state index contributed by atoms with van der Waals surface area (Å²) in [6.45, 7) is 2.00. The lowest BCUT2D eigenvalue weighted by molar-refractivity contribution is 1.29. The molecule has 0 spiro atoms. The number of nitrogens with one attached hydrogen (secondary N) is 2. The topological polar surface area (TPSA) is 53.1 Å². The Morgan fingerprint density at radius 2 is 1.95 bits per heavy atom. The number of benzene rings is 2. The molecule has 0 aliphatic rings. The van der Waals surface area contributed by atoms with Crippen LogP contribution in [0.5, 0.6) is 0 Å². The van der Waals surface area contributed by atoms with Crippen molar-refractivity contribution in [1.29, 1.82) is 0 Å². The number of rotatable bonds is 3. The molecule has 0 unspecified atom stereocenters. The molecule has 0 aliphatic heterocycles. The summed E-state index contributed by atoms with van der Waals surface area (Å²) in [6.07, 6.45) is 1.99. The summed E-state index contributed by atoms with van der Waals surface area (Å²) in [6, 6.07) is 16.3. The van der Waals surface area contributed by atoms with Crippen LogP contribution in [0.15, 0.2) is 59.8 Å². The lowest BCUT2D eigenvalue weighted by Crippen LogP contribution is -1.98. The lowest BCUT2D eigenvalue weighted by atomic mass is 10.1. The molecule has 2 aromatic heterocycles. The first-order chi connectivity index (χ1) is 10.8. The molecule has 2 heterocycles. The molecule has 0 fully saturated rings. The number of thiazole rings is 1. The van der Waals surface area contributed by atoms with E-state index in [9.17, 15) is 0 Å². The van der Waals surface area contributed by atoms with Gasteiger partial charge in [-0.15, -0.1) is 0 Å². The summed E-state index contributed by atoms with van der Waals surface area (Å²) in [5.41, 5.74) is 7.21. The molecule has 4 rings (SSSR count). The molecular weight excluding hydrogens is 292 g/mol. The highest BCUT2D eigenvalue weighted by atomic mass is 32.1. The van der Waals surface area contributed by atoms with Crippen molar-refractivity contribution in [2.75, 3.05) is 5.43 Å². The second-order valence-corrected chi connectivity index (χ2v) is 6.07. The number of H-pyrrole nitrogens is 1. The molecule has 2 N–H and O–H groups in total. The third kappa shape index (κ3) is 2.25. The summed E-state index contributed by atoms with van der Waals surface area (Å²) in [5, 5.41) is 6.46. The first-order valence-electron chi connectivity index (χ1n) is 7.03. The Hall–Kier alpha value is -2.66. The van der Waals surface area contributed by atoms with Gasteiger partial charge in [0, 0.05) is 22.7 Å². The van der Waals surface area contributed by atoms with E-state index in [1.54, 1.807) is 11.3 Å². The molecule has 5 heteroatoms. The maximum Gasteiger partial charge on any atom is 0.204 e. The number of hydrogen-bond acceptors (Lipinski definition) is 4. The number of fused-ring (bicyclic) bond motifs is 2. The number of hydrazone groups is 1. The number of hydrogen-bond donors (Lipinski definition) is 2. The van der Waals surface area contributed by atoms with Gasteiger partial charge in [-0.05, 0) is 25.1 Å². The minimum Gasteiger partial charge on any atom is -0.360 e. The average molecular weight is 306 g/mol. The van der Waals surface area contributed by atoms with Crippen molar-refractivity contribution in [2.24, 2.45) is 5.10 Å². The Kier molecular flexibility index (Phi) is 3.12. The van der Waals surface area contributed by atoms with Crippen LogP contribution in [-0.2, 0) is 0 Å². The zero-order valence-corrected chi connectivity index (χ0v) is 12.8. The van der Waals surface area contributed by atoms with Crippen molar-refractivity contribution in [3.05, 3.63) is 60.3 Å². The van der Waals surface area contributed by atoms with Gasteiger partial charge in [-0.2, -0.15) is 5.10 Å². The highest BCUT2D eigenvalue weighted by Crippen LogP contribution is 2.25. The molecule has 0 amide bonds. The maximum absolute atomic E-state index is 4.52. The van der Waals surface area contributed by atoms with Crippen LogP contribution in [0.4, 0.5) is 5.13 Å². The van der Waals surface area contributed by atoms with Gasteiger partial charge in [0.15, 0.2) is 0 Å². The van der Waals surface area contributed by atoms with Gasteiger partial charge in [-0.25, -0.2) is 4.98 Å². The third-order valence-electron chi connectivity index (χ3n) is 3.59. The third-order valence-corrected chi connectivity index (χ3v) is 4.53. The van der Waals surface area contributed by atoms with E-state index < -0.39 is 0 Å². The molecule has 22 heavy (non-hydrogen) atoms. The Morgan fingerprint density at radius 1 is 1.14 bits per heavy atom. The number of aromatic amines is 1. The number of para-hydroxylation sites is 2. The number of aromatic nitrogens is 2. The monoisotopic (exact) mass is 306 g/mol. The quantitative estimate of drug-likeness (QED) is 0.429. The van der Waals surface area contributed by atoms with Crippen molar-refractivity contribution in [1.82, 2.24) is 9.97 Å². The van der Waals surface area contributed by atoms with Crippen molar-refractivity contribution in [2.45, 2.75) is 6.92 Å². The molecule has 4 aromatic rings. The van der Waals surface area contributed by atoms with Crippen molar-refractivity contribution in [3.8, 4) is 0 Å².